The fraction of sp³-hybridized carbons (Fsp3) is 0.950. The molecule has 1 unspecified atom stereocenters. The first-order chi connectivity index (χ1) is 10.4. The van der Waals surface area contributed by atoms with E-state index in [1.165, 1.54) is 57.8 Å². The van der Waals surface area contributed by atoms with Gasteiger partial charge < -0.3 is 5.11 Å². The van der Waals surface area contributed by atoms with E-state index >= 15 is 0 Å². The van der Waals surface area contributed by atoms with Gasteiger partial charge in [0.1, 0.15) is 0 Å². The zero-order valence-electron chi connectivity index (χ0n) is 15.6. The maximum absolute atomic E-state index is 11.5. The van der Waals surface area contributed by atoms with Crippen LogP contribution in [0.4, 0.5) is 0 Å². The molecule has 0 saturated heterocycles. The van der Waals surface area contributed by atoms with Crippen LogP contribution in [0, 0.1) is 11.3 Å². The Morgan fingerprint density at radius 2 is 1.32 bits per heavy atom. The van der Waals surface area contributed by atoms with E-state index in [1.807, 2.05) is 6.92 Å². The van der Waals surface area contributed by atoms with Crippen LogP contribution >= 0.6 is 0 Å². The van der Waals surface area contributed by atoms with Gasteiger partial charge in [0.05, 0.1) is 5.41 Å². The number of carbonyl (C=O) groups is 1. The van der Waals surface area contributed by atoms with Crippen molar-refractivity contribution in [1.82, 2.24) is 0 Å². The molecular weight excluding hydrogens is 272 g/mol. The van der Waals surface area contributed by atoms with Crippen molar-refractivity contribution in [2.75, 3.05) is 0 Å². The summed E-state index contributed by atoms with van der Waals surface area (Å²) in [5, 5.41) is 9.49. The summed E-state index contributed by atoms with van der Waals surface area (Å²) in [5.74, 6) is -0.0181. The molecule has 0 radical (unpaired) electrons. The largest absolute Gasteiger partial charge is 0.481 e. The maximum atomic E-state index is 11.5. The Labute approximate surface area is 139 Å². The third-order valence-corrected chi connectivity index (χ3v) is 4.87. The van der Waals surface area contributed by atoms with Gasteiger partial charge in [-0.2, -0.15) is 0 Å². The van der Waals surface area contributed by atoms with Gasteiger partial charge >= 0.3 is 5.97 Å². The molecular formula is C20H40O2. The first kappa shape index (κ1) is 21.5. The highest BCUT2D eigenvalue weighted by Crippen LogP contribution is 2.32. The zero-order valence-corrected chi connectivity index (χ0v) is 15.6. The lowest BCUT2D eigenvalue weighted by Crippen LogP contribution is -2.28. The fourth-order valence-electron chi connectivity index (χ4n) is 2.95. The normalized spacial score (nSPS) is 14.2. The van der Waals surface area contributed by atoms with Gasteiger partial charge in [-0.25, -0.2) is 0 Å². The van der Waals surface area contributed by atoms with Crippen molar-refractivity contribution in [2.45, 2.75) is 111 Å². The Hall–Kier alpha value is -0.530. The lowest BCUT2D eigenvalue weighted by Gasteiger charge is -2.25. The number of aliphatic carboxylic acids is 1. The lowest BCUT2D eigenvalue weighted by molar-refractivity contribution is -0.149. The van der Waals surface area contributed by atoms with Crippen molar-refractivity contribution in [3.8, 4) is 0 Å². The molecule has 0 aliphatic heterocycles. The highest BCUT2D eigenvalue weighted by Gasteiger charge is 2.31. The summed E-state index contributed by atoms with van der Waals surface area (Å²) in [6.45, 7) is 8.53. The van der Waals surface area contributed by atoms with Crippen LogP contribution in [0.3, 0.4) is 0 Å². The molecule has 0 spiro atoms. The third kappa shape index (κ3) is 11.1. The Morgan fingerprint density at radius 1 is 0.864 bits per heavy atom. The minimum absolute atomic E-state index is 0.510. The van der Waals surface area contributed by atoms with Gasteiger partial charge in [0.2, 0.25) is 0 Å². The fourth-order valence-corrected chi connectivity index (χ4v) is 2.95. The average molecular weight is 313 g/mol. The maximum Gasteiger partial charge on any atom is 0.309 e. The van der Waals surface area contributed by atoms with Gasteiger partial charge in [-0.3, -0.25) is 4.79 Å². The van der Waals surface area contributed by atoms with E-state index in [0.29, 0.717) is 5.92 Å². The smallest absolute Gasteiger partial charge is 0.309 e. The highest BCUT2D eigenvalue weighted by atomic mass is 16.4. The summed E-state index contributed by atoms with van der Waals surface area (Å²) in [6.07, 6.45) is 15.7. The second-order valence-corrected chi connectivity index (χ2v) is 7.73. The second-order valence-electron chi connectivity index (χ2n) is 7.73. The van der Waals surface area contributed by atoms with Crippen LogP contribution in [-0.4, -0.2) is 11.1 Å². The Morgan fingerprint density at radius 3 is 1.73 bits per heavy atom. The lowest BCUT2D eigenvalue weighted by atomic mass is 9.79. The quantitative estimate of drug-likeness (QED) is 0.337. The van der Waals surface area contributed by atoms with E-state index in [-0.39, 0.29) is 0 Å². The number of carboxylic acids is 1. The van der Waals surface area contributed by atoms with Crippen molar-refractivity contribution in [1.29, 1.82) is 0 Å². The number of hydrogen-bond donors (Lipinski definition) is 1. The van der Waals surface area contributed by atoms with Crippen LogP contribution in [0.5, 0.6) is 0 Å². The van der Waals surface area contributed by atoms with Gasteiger partial charge in [-0.15, -0.1) is 0 Å². The molecule has 0 fully saturated rings. The topological polar surface area (TPSA) is 37.3 Å². The molecule has 132 valence electrons. The standard InChI is InChI=1S/C20H40O2/c1-5-6-7-8-9-10-11-12-13-14-16-20(4,19(21)22)17-15-18(2)3/h18H,5-17H2,1-4H3,(H,21,22). The second kappa shape index (κ2) is 13.0. The molecule has 2 heteroatoms. The summed E-state index contributed by atoms with van der Waals surface area (Å²) in [6, 6.07) is 0. The van der Waals surface area contributed by atoms with Gasteiger partial charge in [-0.05, 0) is 32.1 Å². The van der Waals surface area contributed by atoms with Crippen molar-refractivity contribution in [3.05, 3.63) is 0 Å². The van der Waals surface area contributed by atoms with Gasteiger partial charge in [0.25, 0.3) is 0 Å². The van der Waals surface area contributed by atoms with Crippen LogP contribution in [0.15, 0.2) is 0 Å². The van der Waals surface area contributed by atoms with Crippen LogP contribution in [0.25, 0.3) is 0 Å². The number of rotatable bonds is 15. The zero-order chi connectivity index (χ0) is 16.8. The molecule has 22 heavy (non-hydrogen) atoms. The molecule has 0 heterocycles. The molecule has 0 bridgehead atoms. The predicted molar refractivity (Wildman–Crippen MR) is 96.3 cm³/mol. The average Bonchev–Trinajstić information content (AvgIpc) is 2.47. The van der Waals surface area contributed by atoms with E-state index in [2.05, 4.69) is 20.8 Å². The molecule has 0 rings (SSSR count). The molecule has 0 saturated carbocycles. The summed E-state index contributed by atoms with van der Waals surface area (Å²) < 4.78 is 0. The van der Waals surface area contributed by atoms with Crippen LogP contribution < -0.4 is 0 Å². The molecule has 2 nitrogen and oxygen atoms in total. The van der Waals surface area contributed by atoms with Gasteiger partial charge in [0.15, 0.2) is 0 Å². The van der Waals surface area contributed by atoms with Crippen LogP contribution in [0.1, 0.15) is 111 Å². The van der Waals surface area contributed by atoms with E-state index in [4.69, 9.17) is 0 Å². The van der Waals surface area contributed by atoms with E-state index in [1.54, 1.807) is 0 Å². The first-order valence-electron chi connectivity index (χ1n) is 9.65. The molecule has 1 N–H and O–H groups in total. The molecule has 0 aliphatic carbocycles. The molecule has 0 aliphatic rings. The molecule has 0 aromatic carbocycles. The van der Waals surface area contributed by atoms with Crippen LogP contribution in [-0.2, 0) is 4.79 Å². The molecule has 0 aromatic rings. The van der Waals surface area contributed by atoms with Gasteiger partial charge in [0, 0.05) is 0 Å². The third-order valence-electron chi connectivity index (χ3n) is 4.87. The van der Waals surface area contributed by atoms with Gasteiger partial charge in [-0.1, -0.05) is 85.0 Å². The number of carboxylic acid groups (broad SMARTS) is 1. The van der Waals surface area contributed by atoms with Crippen molar-refractivity contribution in [3.63, 3.8) is 0 Å². The minimum Gasteiger partial charge on any atom is -0.481 e. The van der Waals surface area contributed by atoms with Crippen molar-refractivity contribution < 1.29 is 9.90 Å². The Bertz CT molecular complexity index is 273. The molecule has 0 aromatic heterocycles. The number of hydrogen-bond acceptors (Lipinski definition) is 1. The Kier molecular flexibility index (Phi) is 12.6. The van der Waals surface area contributed by atoms with Crippen LogP contribution in [0.2, 0.25) is 0 Å². The monoisotopic (exact) mass is 312 g/mol. The van der Waals surface area contributed by atoms with Crippen molar-refractivity contribution in [2.24, 2.45) is 11.3 Å². The summed E-state index contributed by atoms with van der Waals surface area (Å²) in [5.41, 5.74) is -0.510. The van der Waals surface area contributed by atoms with E-state index < -0.39 is 11.4 Å². The highest BCUT2D eigenvalue weighted by molar-refractivity contribution is 5.74. The molecule has 0 amide bonds. The minimum atomic E-state index is -0.607. The Balaban J connectivity index is 3.66. The summed E-state index contributed by atoms with van der Waals surface area (Å²) in [7, 11) is 0. The number of unbranched alkanes of at least 4 members (excludes halogenated alkanes) is 9. The first-order valence-corrected chi connectivity index (χ1v) is 9.65. The molecule has 1 atom stereocenters. The van der Waals surface area contributed by atoms with E-state index in [0.717, 1.165) is 25.7 Å². The summed E-state index contributed by atoms with van der Waals surface area (Å²) >= 11 is 0. The van der Waals surface area contributed by atoms with E-state index in [9.17, 15) is 9.90 Å². The summed E-state index contributed by atoms with van der Waals surface area (Å²) in [4.78, 5) is 11.5. The van der Waals surface area contributed by atoms with Crippen molar-refractivity contribution >= 4 is 5.97 Å². The SMILES string of the molecule is CCCCCCCCCCCCC(C)(CCC(C)C)C(=O)O. The predicted octanol–water partition coefficient (Wildman–Crippen LogP) is 6.82.